The average molecular weight is 349 g/mol. The Balaban J connectivity index is 0.00000242. The van der Waals surface area contributed by atoms with Crippen LogP contribution in [0, 0.1) is 0 Å². The van der Waals surface area contributed by atoms with Crippen LogP contribution in [0.2, 0.25) is 5.02 Å². The summed E-state index contributed by atoms with van der Waals surface area (Å²) in [5, 5.41) is 3.39. The lowest BCUT2D eigenvalue weighted by atomic mass is 10.2. The number of carbonyl (C=O) groups is 1. The van der Waals surface area contributed by atoms with Gasteiger partial charge in [0.15, 0.2) is 0 Å². The summed E-state index contributed by atoms with van der Waals surface area (Å²) in [6.45, 7) is 2.73. The van der Waals surface area contributed by atoms with E-state index in [0.29, 0.717) is 30.3 Å². The van der Waals surface area contributed by atoms with Crippen LogP contribution < -0.4 is 15.8 Å². The van der Waals surface area contributed by atoms with Crippen molar-refractivity contribution < 1.29 is 14.3 Å². The molecule has 2 rings (SSSR count). The minimum Gasteiger partial charge on any atom is -0.487 e. The maximum atomic E-state index is 12.0. The van der Waals surface area contributed by atoms with Crippen molar-refractivity contribution in [3.63, 3.8) is 0 Å². The minimum atomic E-state index is -0.397. The predicted octanol–water partition coefficient (Wildman–Crippen LogP) is 2.15. The van der Waals surface area contributed by atoms with Gasteiger partial charge >= 0.3 is 0 Å². The van der Waals surface area contributed by atoms with Gasteiger partial charge in [-0.05, 0) is 31.9 Å². The number of rotatable bonds is 6. The Bertz CT molecular complexity index is 488. The van der Waals surface area contributed by atoms with Crippen molar-refractivity contribution in [2.45, 2.75) is 38.1 Å². The summed E-state index contributed by atoms with van der Waals surface area (Å²) < 4.78 is 11.2. The molecule has 0 aliphatic carbocycles. The summed E-state index contributed by atoms with van der Waals surface area (Å²) in [7, 11) is 0. The fraction of sp³-hybridized carbons (Fsp3) is 0.533. The van der Waals surface area contributed by atoms with Gasteiger partial charge in [-0.15, -0.1) is 12.4 Å². The van der Waals surface area contributed by atoms with Crippen molar-refractivity contribution in [1.29, 1.82) is 0 Å². The van der Waals surface area contributed by atoms with Gasteiger partial charge in [0.1, 0.15) is 18.0 Å². The van der Waals surface area contributed by atoms with Gasteiger partial charge in [0, 0.05) is 6.54 Å². The van der Waals surface area contributed by atoms with Crippen LogP contribution in [-0.4, -0.2) is 37.3 Å². The van der Waals surface area contributed by atoms with Crippen LogP contribution in [0.3, 0.4) is 0 Å². The number of hydrogen-bond acceptors (Lipinski definition) is 4. The fourth-order valence-electron chi connectivity index (χ4n) is 2.23. The molecule has 1 aromatic rings. The first-order valence-electron chi connectivity index (χ1n) is 7.14. The highest BCUT2D eigenvalue weighted by atomic mass is 35.5. The SMILES string of the molecule is CC(CNC(=O)[C@@H]1CC[C@H](CN)O1)Oc1ccccc1Cl.Cl. The number of hydrogen-bond donors (Lipinski definition) is 2. The Kier molecular flexibility index (Phi) is 7.96. The first-order valence-corrected chi connectivity index (χ1v) is 7.52. The van der Waals surface area contributed by atoms with Crippen LogP contribution in [0.25, 0.3) is 0 Å². The molecule has 1 heterocycles. The van der Waals surface area contributed by atoms with Crippen LogP contribution in [0.4, 0.5) is 0 Å². The van der Waals surface area contributed by atoms with Crippen molar-refractivity contribution in [3.8, 4) is 5.75 Å². The zero-order chi connectivity index (χ0) is 15.2. The number of ether oxygens (including phenoxy) is 2. The summed E-state index contributed by atoms with van der Waals surface area (Å²) in [6, 6.07) is 7.26. The van der Waals surface area contributed by atoms with E-state index in [9.17, 15) is 4.79 Å². The van der Waals surface area contributed by atoms with E-state index in [2.05, 4.69) is 5.32 Å². The number of amides is 1. The molecule has 0 aromatic heterocycles. The predicted molar refractivity (Wildman–Crippen MR) is 88.7 cm³/mol. The smallest absolute Gasteiger partial charge is 0.249 e. The second-order valence-electron chi connectivity index (χ2n) is 5.16. The van der Waals surface area contributed by atoms with Gasteiger partial charge in [0.25, 0.3) is 0 Å². The summed E-state index contributed by atoms with van der Waals surface area (Å²) in [5.74, 6) is 0.502. The fourth-order valence-corrected chi connectivity index (χ4v) is 2.41. The number of benzene rings is 1. The maximum absolute atomic E-state index is 12.0. The van der Waals surface area contributed by atoms with E-state index in [0.717, 1.165) is 6.42 Å². The molecule has 0 radical (unpaired) electrons. The summed E-state index contributed by atoms with van der Waals surface area (Å²) in [5.41, 5.74) is 5.53. The molecule has 0 bridgehead atoms. The Hall–Kier alpha value is -1.01. The minimum absolute atomic E-state index is 0. The monoisotopic (exact) mass is 348 g/mol. The molecule has 1 unspecified atom stereocenters. The largest absolute Gasteiger partial charge is 0.487 e. The van der Waals surface area contributed by atoms with Gasteiger partial charge in [0.05, 0.1) is 17.7 Å². The standard InChI is InChI=1S/C15H21ClN2O3.ClH/c1-10(20-13-5-3-2-4-12(13)16)9-18-15(19)14-7-6-11(8-17)21-14;/h2-5,10-11,14H,6-9,17H2,1H3,(H,18,19);1H/t10?,11-,14+;/m1./s1. The zero-order valence-corrected chi connectivity index (χ0v) is 14.0. The van der Waals surface area contributed by atoms with E-state index in [1.807, 2.05) is 19.1 Å². The molecule has 7 heteroatoms. The first-order chi connectivity index (χ1) is 10.1. The molecule has 1 saturated heterocycles. The van der Waals surface area contributed by atoms with Crippen LogP contribution in [0.1, 0.15) is 19.8 Å². The summed E-state index contributed by atoms with van der Waals surface area (Å²) >= 11 is 6.02. The molecular weight excluding hydrogens is 327 g/mol. The Morgan fingerprint density at radius 3 is 2.86 bits per heavy atom. The molecular formula is C15H22Cl2N2O3. The van der Waals surface area contributed by atoms with E-state index < -0.39 is 6.10 Å². The maximum Gasteiger partial charge on any atom is 0.249 e. The zero-order valence-electron chi connectivity index (χ0n) is 12.5. The van der Waals surface area contributed by atoms with Crippen LogP contribution in [-0.2, 0) is 9.53 Å². The highest BCUT2D eigenvalue weighted by molar-refractivity contribution is 6.32. The van der Waals surface area contributed by atoms with Gasteiger partial charge in [-0.3, -0.25) is 4.79 Å². The second kappa shape index (κ2) is 9.20. The number of nitrogens with one attached hydrogen (secondary N) is 1. The third-order valence-corrected chi connectivity index (χ3v) is 3.70. The molecule has 22 heavy (non-hydrogen) atoms. The third kappa shape index (κ3) is 5.32. The van der Waals surface area contributed by atoms with Crippen molar-refractivity contribution >= 4 is 29.9 Å². The molecule has 1 aromatic carbocycles. The Labute approximate surface area is 141 Å². The second-order valence-corrected chi connectivity index (χ2v) is 5.57. The van der Waals surface area contributed by atoms with Crippen LogP contribution >= 0.6 is 24.0 Å². The highest BCUT2D eigenvalue weighted by Gasteiger charge is 2.29. The van der Waals surface area contributed by atoms with E-state index in [-0.39, 0.29) is 30.5 Å². The number of para-hydroxylation sites is 1. The average Bonchev–Trinajstić information content (AvgIpc) is 2.96. The van der Waals surface area contributed by atoms with Gasteiger partial charge in [0.2, 0.25) is 5.91 Å². The lowest BCUT2D eigenvalue weighted by molar-refractivity contribution is -0.132. The quantitative estimate of drug-likeness (QED) is 0.825. The van der Waals surface area contributed by atoms with E-state index in [1.165, 1.54) is 0 Å². The number of halogens is 2. The van der Waals surface area contributed by atoms with Crippen LogP contribution in [0.15, 0.2) is 24.3 Å². The lowest BCUT2D eigenvalue weighted by Crippen LogP contribution is -2.40. The van der Waals surface area contributed by atoms with Gasteiger partial charge in [-0.2, -0.15) is 0 Å². The third-order valence-electron chi connectivity index (χ3n) is 3.39. The molecule has 5 nitrogen and oxygen atoms in total. The van der Waals surface area contributed by atoms with Gasteiger partial charge in [-0.1, -0.05) is 23.7 Å². The van der Waals surface area contributed by atoms with Crippen molar-refractivity contribution in [2.75, 3.05) is 13.1 Å². The van der Waals surface area contributed by atoms with Gasteiger partial charge in [-0.25, -0.2) is 0 Å². The molecule has 3 atom stereocenters. The van der Waals surface area contributed by atoms with Crippen LogP contribution in [0.5, 0.6) is 5.75 Å². The molecule has 1 fully saturated rings. The first kappa shape index (κ1) is 19.0. The number of carbonyl (C=O) groups excluding carboxylic acids is 1. The lowest BCUT2D eigenvalue weighted by Gasteiger charge is -2.18. The van der Waals surface area contributed by atoms with Crippen molar-refractivity contribution in [1.82, 2.24) is 5.32 Å². The van der Waals surface area contributed by atoms with E-state index in [4.69, 9.17) is 26.8 Å². The van der Waals surface area contributed by atoms with E-state index in [1.54, 1.807) is 12.1 Å². The molecule has 0 spiro atoms. The van der Waals surface area contributed by atoms with Gasteiger partial charge < -0.3 is 20.5 Å². The van der Waals surface area contributed by atoms with E-state index >= 15 is 0 Å². The highest BCUT2D eigenvalue weighted by Crippen LogP contribution is 2.24. The molecule has 1 aliphatic heterocycles. The Morgan fingerprint density at radius 1 is 1.50 bits per heavy atom. The summed E-state index contributed by atoms with van der Waals surface area (Å²) in [6.07, 6.45) is 0.970. The molecule has 1 amide bonds. The van der Waals surface area contributed by atoms with Crippen molar-refractivity contribution in [3.05, 3.63) is 29.3 Å². The topological polar surface area (TPSA) is 73.6 Å². The normalized spacial score (nSPS) is 21.8. The molecule has 3 N–H and O–H groups in total. The molecule has 124 valence electrons. The van der Waals surface area contributed by atoms with Crippen molar-refractivity contribution in [2.24, 2.45) is 5.73 Å². The Morgan fingerprint density at radius 2 is 2.23 bits per heavy atom. The summed E-state index contributed by atoms with van der Waals surface area (Å²) in [4.78, 5) is 12.0. The molecule has 0 saturated carbocycles. The number of nitrogens with two attached hydrogens (primary N) is 1. The molecule has 1 aliphatic rings.